The van der Waals surface area contributed by atoms with Crippen molar-refractivity contribution in [2.75, 3.05) is 5.32 Å². The van der Waals surface area contributed by atoms with Gasteiger partial charge < -0.3 is 10.6 Å². The van der Waals surface area contributed by atoms with Crippen LogP contribution in [0.4, 0.5) is 18.9 Å². The monoisotopic (exact) mass is 401 g/mol. The number of carbonyl (C=O) groups is 2. The number of aryl methyl sites for hydroxylation is 1. The molecule has 0 saturated carbocycles. The molecule has 2 heterocycles. The molecule has 3 rings (SSSR count). The molecule has 0 spiro atoms. The molecule has 1 aromatic heterocycles. The highest BCUT2D eigenvalue weighted by atomic mass is 32.2. The smallest absolute Gasteiger partial charge is 0.350 e. The maximum atomic E-state index is 12.8. The number of thiazole rings is 1. The molecule has 0 aliphatic carbocycles. The van der Waals surface area contributed by atoms with Crippen molar-refractivity contribution < 1.29 is 22.8 Å². The van der Waals surface area contributed by atoms with Gasteiger partial charge >= 0.3 is 6.18 Å². The van der Waals surface area contributed by atoms with Crippen LogP contribution in [0.15, 0.2) is 28.5 Å². The molecule has 2 N–H and O–H groups in total. The van der Waals surface area contributed by atoms with Crippen LogP contribution in [-0.2, 0) is 22.3 Å². The number of hydrogen-bond donors (Lipinski definition) is 2. The molecular formula is C16H14F3N3O2S2. The summed E-state index contributed by atoms with van der Waals surface area (Å²) in [5.41, 5.74) is 0.160. The first-order valence-corrected chi connectivity index (χ1v) is 9.35. The summed E-state index contributed by atoms with van der Waals surface area (Å²) in [4.78, 5) is 28.9. The second kappa shape index (κ2) is 7.28. The molecule has 5 nitrogen and oxygen atoms in total. The van der Waals surface area contributed by atoms with Gasteiger partial charge in [0.2, 0.25) is 11.8 Å². The minimum absolute atomic E-state index is 0.0681. The Labute approximate surface area is 155 Å². The molecule has 0 unspecified atom stereocenters. The largest absolute Gasteiger partial charge is 0.416 e. The third-order valence-electron chi connectivity index (χ3n) is 3.60. The van der Waals surface area contributed by atoms with E-state index in [0.29, 0.717) is 4.90 Å². The maximum Gasteiger partial charge on any atom is 0.416 e. The molecule has 10 heteroatoms. The summed E-state index contributed by atoms with van der Waals surface area (Å²) in [6, 6.07) is 3.18. The Morgan fingerprint density at radius 1 is 1.38 bits per heavy atom. The van der Waals surface area contributed by atoms with Gasteiger partial charge in [0.1, 0.15) is 5.01 Å². The van der Waals surface area contributed by atoms with Crippen LogP contribution in [0.5, 0.6) is 0 Å². The first-order valence-electron chi connectivity index (χ1n) is 7.59. The third-order valence-corrected chi connectivity index (χ3v) is 5.84. The van der Waals surface area contributed by atoms with Gasteiger partial charge in [-0.2, -0.15) is 13.2 Å². The second-order valence-electron chi connectivity index (χ2n) is 5.67. The van der Waals surface area contributed by atoms with Gasteiger partial charge in [-0.1, -0.05) is 0 Å². The second-order valence-corrected chi connectivity index (χ2v) is 7.86. The number of halogens is 3. The normalized spacial score (nSPS) is 16.8. The van der Waals surface area contributed by atoms with Crippen molar-refractivity contribution in [1.29, 1.82) is 0 Å². The van der Waals surface area contributed by atoms with Crippen LogP contribution < -0.4 is 10.6 Å². The predicted molar refractivity (Wildman–Crippen MR) is 93.0 cm³/mol. The zero-order valence-electron chi connectivity index (χ0n) is 13.5. The Balaban J connectivity index is 1.62. The average molecular weight is 401 g/mol. The summed E-state index contributed by atoms with van der Waals surface area (Å²) >= 11 is 2.52. The summed E-state index contributed by atoms with van der Waals surface area (Å²) in [5.74, 6) is -0.803. The fraction of sp³-hybridized carbons (Fsp3) is 0.312. The van der Waals surface area contributed by atoms with Gasteiger partial charge in [-0.05, 0) is 25.1 Å². The lowest BCUT2D eigenvalue weighted by Crippen LogP contribution is -2.34. The van der Waals surface area contributed by atoms with E-state index in [0.717, 1.165) is 34.6 Å². The standard InChI is InChI=1S/C16H14F3N3O2S2/c1-8-7-25-14(21-8)6-20-13(23)5-12-15(24)22-10-4-9(16(17,18)19)2-3-11(10)26-12/h2-4,7,12H,5-6H2,1H3,(H,20,23)(H,22,24)/t12-/m0/s1. The van der Waals surface area contributed by atoms with Crippen LogP contribution in [-0.4, -0.2) is 22.0 Å². The number of nitrogens with zero attached hydrogens (tertiary/aromatic N) is 1. The van der Waals surface area contributed by atoms with E-state index in [1.54, 1.807) is 0 Å². The van der Waals surface area contributed by atoms with E-state index in [2.05, 4.69) is 15.6 Å². The zero-order chi connectivity index (χ0) is 18.9. The zero-order valence-corrected chi connectivity index (χ0v) is 15.1. The Morgan fingerprint density at radius 2 is 2.15 bits per heavy atom. The number of alkyl halides is 3. The van der Waals surface area contributed by atoms with E-state index in [4.69, 9.17) is 0 Å². The molecule has 1 aliphatic heterocycles. The molecule has 26 heavy (non-hydrogen) atoms. The van der Waals surface area contributed by atoms with Crippen LogP contribution in [0, 0.1) is 6.92 Å². The maximum absolute atomic E-state index is 12.8. The number of carbonyl (C=O) groups excluding carboxylic acids is 2. The number of fused-ring (bicyclic) bond motifs is 1. The van der Waals surface area contributed by atoms with E-state index in [1.807, 2.05) is 12.3 Å². The van der Waals surface area contributed by atoms with Gasteiger partial charge in [0.25, 0.3) is 0 Å². The van der Waals surface area contributed by atoms with Crippen molar-refractivity contribution in [2.24, 2.45) is 0 Å². The van der Waals surface area contributed by atoms with Gasteiger partial charge in [-0.25, -0.2) is 4.98 Å². The Bertz CT molecular complexity index is 852. The number of thioether (sulfide) groups is 1. The number of rotatable bonds is 4. The van der Waals surface area contributed by atoms with Gasteiger partial charge in [0, 0.05) is 22.4 Å². The fourth-order valence-electron chi connectivity index (χ4n) is 2.36. The third kappa shape index (κ3) is 4.36. The number of amides is 2. The highest BCUT2D eigenvalue weighted by molar-refractivity contribution is 8.01. The number of hydrogen-bond acceptors (Lipinski definition) is 5. The number of anilines is 1. The summed E-state index contributed by atoms with van der Waals surface area (Å²) in [7, 11) is 0. The Hall–Kier alpha value is -2.07. The first-order chi connectivity index (χ1) is 12.2. The van der Waals surface area contributed by atoms with Crippen LogP contribution in [0.2, 0.25) is 0 Å². The number of aromatic nitrogens is 1. The van der Waals surface area contributed by atoms with Crippen molar-refractivity contribution in [1.82, 2.24) is 10.3 Å². The topological polar surface area (TPSA) is 71.1 Å². The molecule has 138 valence electrons. The van der Waals surface area contributed by atoms with Crippen LogP contribution >= 0.6 is 23.1 Å². The summed E-state index contributed by atoms with van der Waals surface area (Å²) in [6.45, 7) is 2.13. The van der Waals surface area contributed by atoms with E-state index in [1.165, 1.54) is 17.4 Å². The van der Waals surface area contributed by atoms with E-state index in [-0.39, 0.29) is 24.6 Å². The van der Waals surface area contributed by atoms with Crippen molar-refractivity contribution in [3.05, 3.63) is 39.8 Å². The van der Waals surface area contributed by atoms with Crippen molar-refractivity contribution >= 4 is 40.6 Å². The summed E-state index contributed by atoms with van der Waals surface area (Å²) < 4.78 is 38.3. The summed E-state index contributed by atoms with van der Waals surface area (Å²) in [5, 5.41) is 7.10. The van der Waals surface area contributed by atoms with Crippen molar-refractivity contribution in [2.45, 2.75) is 36.2 Å². The van der Waals surface area contributed by atoms with Crippen LogP contribution in [0.3, 0.4) is 0 Å². The van der Waals surface area contributed by atoms with Crippen molar-refractivity contribution in [3.8, 4) is 0 Å². The highest BCUT2D eigenvalue weighted by Gasteiger charge is 2.34. The Kier molecular flexibility index (Phi) is 5.24. The first kappa shape index (κ1) is 18.7. The number of benzene rings is 1. The van der Waals surface area contributed by atoms with Gasteiger partial charge in [0.15, 0.2) is 0 Å². The fourth-order valence-corrected chi connectivity index (χ4v) is 4.16. The molecule has 0 radical (unpaired) electrons. The minimum atomic E-state index is -4.48. The van der Waals surface area contributed by atoms with E-state index >= 15 is 0 Å². The van der Waals surface area contributed by atoms with Crippen LogP contribution in [0.25, 0.3) is 0 Å². The lowest BCUT2D eigenvalue weighted by molar-refractivity contribution is -0.137. The molecule has 0 bridgehead atoms. The minimum Gasteiger partial charge on any atom is -0.350 e. The lowest BCUT2D eigenvalue weighted by Gasteiger charge is -2.24. The van der Waals surface area contributed by atoms with Gasteiger partial charge in [-0.15, -0.1) is 23.1 Å². The molecule has 2 aromatic rings. The Morgan fingerprint density at radius 3 is 2.81 bits per heavy atom. The van der Waals surface area contributed by atoms with E-state index in [9.17, 15) is 22.8 Å². The molecule has 2 amide bonds. The van der Waals surface area contributed by atoms with Crippen LogP contribution in [0.1, 0.15) is 22.7 Å². The predicted octanol–water partition coefficient (Wildman–Crippen LogP) is 3.59. The molecule has 1 aliphatic rings. The van der Waals surface area contributed by atoms with E-state index < -0.39 is 22.9 Å². The molecule has 0 fully saturated rings. The highest BCUT2D eigenvalue weighted by Crippen LogP contribution is 2.40. The lowest BCUT2D eigenvalue weighted by atomic mass is 10.1. The molecular weight excluding hydrogens is 387 g/mol. The van der Waals surface area contributed by atoms with Gasteiger partial charge in [0.05, 0.1) is 23.0 Å². The molecule has 1 aromatic carbocycles. The van der Waals surface area contributed by atoms with Crippen molar-refractivity contribution in [3.63, 3.8) is 0 Å². The molecule has 1 atom stereocenters. The number of nitrogens with one attached hydrogen (secondary N) is 2. The quantitative estimate of drug-likeness (QED) is 0.822. The van der Waals surface area contributed by atoms with Gasteiger partial charge in [-0.3, -0.25) is 9.59 Å². The average Bonchev–Trinajstić information content (AvgIpc) is 2.98. The summed E-state index contributed by atoms with van der Waals surface area (Å²) in [6.07, 6.45) is -4.54. The molecule has 0 saturated heterocycles. The SMILES string of the molecule is Cc1csc(CNC(=O)C[C@@H]2Sc3ccc(C(F)(F)F)cc3NC2=O)n1.